The van der Waals surface area contributed by atoms with E-state index >= 15 is 0 Å². The molecule has 1 aliphatic heterocycles. The van der Waals surface area contributed by atoms with E-state index in [1.165, 1.54) is 6.26 Å². The van der Waals surface area contributed by atoms with Gasteiger partial charge in [-0.3, -0.25) is 19.4 Å². The molecule has 2 amide bonds. The van der Waals surface area contributed by atoms with Crippen molar-refractivity contribution < 1.29 is 42.1 Å². The van der Waals surface area contributed by atoms with Crippen molar-refractivity contribution in [1.29, 1.82) is 0 Å². The third-order valence-corrected chi connectivity index (χ3v) is 8.90. The van der Waals surface area contributed by atoms with E-state index in [0.717, 1.165) is 37.7 Å². The average Bonchev–Trinajstić information content (AvgIpc) is 3.90. The summed E-state index contributed by atoms with van der Waals surface area (Å²) in [5, 5.41) is 11.0. The van der Waals surface area contributed by atoms with Crippen molar-refractivity contribution >= 4 is 104 Å². The molecule has 4 N–H and O–H groups in total. The second-order valence-corrected chi connectivity index (χ2v) is 13.3. The van der Waals surface area contributed by atoms with Crippen molar-refractivity contribution in [3.05, 3.63) is 94.4 Å². The van der Waals surface area contributed by atoms with Crippen LogP contribution in [-0.2, 0) is 18.9 Å². The summed E-state index contributed by atoms with van der Waals surface area (Å²) in [5.41, 5.74) is 2.38. The fraction of sp³-hybridized carbons (Fsp3) is 0.176. The lowest BCUT2D eigenvalue weighted by molar-refractivity contribution is 0.00578. The highest BCUT2D eigenvalue weighted by molar-refractivity contribution is 6.69. The number of anilines is 4. The van der Waals surface area contributed by atoms with Gasteiger partial charge < -0.3 is 48.8 Å². The van der Waals surface area contributed by atoms with Gasteiger partial charge in [0.15, 0.2) is 17.7 Å². The highest BCUT2D eigenvalue weighted by Crippen LogP contribution is 2.37. The lowest BCUT2D eigenvalue weighted by Crippen LogP contribution is -2.41. The van der Waals surface area contributed by atoms with Crippen LogP contribution in [0.2, 0.25) is 10.0 Å². The molecule has 16 nitrogen and oxygen atoms in total. The number of carbonyl (C=O) groups excluding carboxylic acids is 5. The summed E-state index contributed by atoms with van der Waals surface area (Å²) in [6.07, 6.45) is 5.58. The van der Waals surface area contributed by atoms with Crippen LogP contribution in [0, 0.1) is 0 Å². The van der Waals surface area contributed by atoms with E-state index in [0.29, 0.717) is 45.8 Å². The minimum Gasteiger partial charge on any atom is -0.432 e. The number of hydrogen-bond donors (Lipinski definition) is 4. The maximum Gasteiger partial charge on any atom is 0.494 e. The molecule has 278 valence electrons. The summed E-state index contributed by atoms with van der Waals surface area (Å²) < 4.78 is 22.1. The molecule has 21 heteroatoms. The predicted molar refractivity (Wildman–Crippen MR) is 208 cm³/mol. The molecule has 0 bridgehead atoms. The molecular formula is C34H30B3Cl2N7O9. The van der Waals surface area contributed by atoms with E-state index in [2.05, 4.69) is 36.0 Å². The Balaban J connectivity index is 0.000000211. The number of aldehydes is 1. The standard InChI is InChI=1S/C17H19B2ClN3O5.C17H11BClN4O4/c1-16(2)17(3,4)28-19(27-16)10-5-6-11(20)12(7-10)21-14(25)13-8-26-15(22-13)23-18-9-24;19-13-4-2-10(11-1-3-12(7-24)20-6-11)5-14(13)21-16(26)15-8-27-17(22-15)23-18-9-25/h5-9H,1-4H3,(H,21,25)(H,22,23);1-9H,(H,21,26)(H,22,23). The molecule has 5 aromatic rings. The highest BCUT2D eigenvalue weighted by atomic mass is 35.5. The maximum absolute atomic E-state index is 12.4. The van der Waals surface area contributed by atoms with E-state index in [4.69, 9.17) is 41.3 Å². The second kappa shape index (κ2) is 17.6. The summed E-state index contributed by atoms with van der Waals surface area (Å²) in [5.74, 6) is -1.05. The van der Waals surface area contributed by atoms with Crippen LogP contribution in [0.25, 0.3) is 11.1 Å². The van der Waals surface area contributed by atoms with Crippen LogP contribution in [0.5, 0.6) is 0 Å². The molecule has 0 saturated carbocycles. The number of hydrogen-bond acceptors (Lipinski definition) is 14. The van der Waals surface area contributed by atoms with Gasteiger partial charge in [-0.1, -0.05) is 41.4 Å². The Labute approximate surface area is 326 Å². The fourth-order valence-corrected chi connectivity index (χ4v) is 5.01. The Morgan fingerprint density at radius 2 is 1.24 bits per heavy atom. The Bertz CT molecular complexity index is 2180. The summed E-state index contributed by atoms with van der Waals surface area (Å²) in [6, 6.07) is 13.6. The SMILES string of the molecule is CC1(C)OB(c2ccc(Cl)c(NC(=O)c3coc(N[B]C=O)n3)c2)OC1(C)C.O=C[B]Nc1nc(C(=O)Nc2cc(-c3ccc(C=O)nc3)ccc2Cl)co1. The van der Waals surface area contributed by atoms with Gasteiger partial charge in [0.1, 0.15) is 30.6 Å². The lowest BCUT2D eigenvalue weighted by atomic mass is 9.79. The molecule has 55 heavy (non-hydrogen) atoms. The molecule has 1 saturated heterocycles. The third kappa shape index (κ3) is 10.1. The van der Waals surface area contributed by atoms with Gasteiger partial charge in [-0.25, -0.2) is 0 Å². The largest absolute Gasteiger partial charge is 0.494 e. The van der Waals surface area contributed by atoms with Crippen molar-refractivity contribution in [3.63, 3.8) is 0 Å². The molecule has 0 spiro atoms. The van der Waals surface area contributed by atoms with Gasteiger partial charge in [-0.05, 0) is 69.1 Å². The molecule has 0 unspecified atom stereocenters. The van der Waals surface area contributed by atoms with E-state index in [9.17, 15) is 24.0 Å². The topological polar surface area (TPSA) is 217 Å². The van der Waals surface area contributed by atoms with Crippen molar-refractivity contribution in [2.45, 2.75) is 38.9 Å². The van der Waals surface area contributed by atoms with Crippen LogP contribution in [-0.4, -0.2) is 78.6 Å². The Morgan fingerprint density at radius 3 is 1.73 bits per heavy atom. The van der Waals surface area contributed by atoms with Gasteiger partial charge >= 0.3 is 21.9 Å². The van der Waals surface area contributed by atoms with Crippen LogP contribution >= 0.6 is 23.2 Å². The lowest BCUT2D eigenvalue weighted by Gasteiger charge is -2.32. The minimum absolute atomic E-state index is 0.00781. The molecule has 2 radical (unpaired) electrons. The number of nitrogens with zero attached hydrogens (tertiary/aromatic N) is 3. The summed E-state index contributed by atoms with van der Waals surface area (Å²) in [7, 11) is 1.59. The van der Waals surface area contributed by atoms with Crippen molar-refractivity contribution in [2.24, 2.45) is 0 Å². The highest BCUT2D eigenvalue weighted by Gasteiger charge is 2.51. The first-order chi connectivity index (χ1) is 26.2. The van der Waals surface area contributed by atoms with Crippen molar-refractivity contribution in [2.75, 3.05) is 21.1 Å². The van der Waals surface area contributed by atoms with Gasteiger partial charge in [0.05, 0.1) is 32.6 Å². The molecule has 6 rings (SSSR count). The quantitative estimate of drug-likeness (QED) is 0.0934. The average molecular weight is 784 g/mol. The number of rotatable bonds is 13. The molecule has 3 aromatic heterocycles. The van der Waals surface area contributed by atoms with Crippen LogP contribution in [0.3, 0.4) is 0 Å². The number of amides is 2. The monoisotopic (exact) mass is 783 g/mol. The molecule has 1 aliphatic rings. The Hall–Kier alpha value is -5.75. The number of benzene rings is 2. The maximum atomic E-state index is 12.4. The van der Waals surface area contributed by atoms with E-state index in [1.807, 2.05) is 27.7 Å². The van der Waals surface area contributed by atoms with Crippen LogP contribution in [0.15, 0.2) is 76.1 Å². The van der Waals surface area contributed by atoms with Gasteiger partial charge in [-0.15, -0.1) is 0 Å². The minimum atomic E-state index is -0.584. The number of nitrogens with one attached hydrogen (secondary N) is 4. The zero-order valence-corrected chi connectivity index (χ0v) is 31.1. The molecule has 0 atom stereocenters. The normalized spacial score (nSPS) is 13.7. The first-order valence-electron chi connectivity index (χ1n) is 16.2. The number of oxazole rings is 2. The van der Waals surface area contributed by atoms with Gasteiger partial charge in [0.2, 0.25) is 0 Å². The summed E-state index contributed by atoms with van der Waals surface area (Å²) in [4.78, 5) is 67.9. The number of pyridine rings is 1. The number of aromatic nitrogens is 3. The Kier molecular flexibility index (Phi) is 12.9. The zero-order chi connectivity index (χ0) is 39.8. The van der Waals surface area contributed by atoms with Gasteiger partial charge in [0, 0.05) is 11.8 Å². The predicted octanol–water partition coefficient (Wildman–Crippen LogP) is 4.78. The zero-order valence-electron chi connectivity index (χ0n) is 29.6. The smallest absolute Gasteiger partial charge is 0.432 e. The van der Waals surface area contributed by atoms with Crippen molar-refractivity contribution in [1.82, 2.24) is 15.0 Å². The van der Waals surface area contributed by atoms with E-state index in [1.54, 1.807) is 54.7 Å². The molecule has 2 aromatic carbocycles. The van der Waals surface area contributed by atoms with Gasteiger partial charge in [0.25, 0.3) is 23.8 Å². The number of halogens is 2. The summed E-state index contributed by atoms with van der Waals surface area (Å²) >= 11 is 12.4. The van der Waals surface area contributed by atoms with E-state index < -0.39 is 30.1 Å². The van der Waals surface area contributed by atoms with Crippen molar-refractivity contribution in [3.8, 4) is 11.1 Å². The first kappa shape index (κ1) is 40.4. The molecular weight excluding hydrogens is 754 g/mol. The Morgan fingerprint density at radius 1 is 0.727 bits per heavy atom. The van der Waals surface area contributed by atoms with E-state index in [-0.39, 0.29) is 23.4 Å². The number of carbonyl (C=O) groups is 5. The first-order valence-corrected chi connectivity index (χ1v) is 17.0. The second-order valence-electron chi connectivity index (χ2n) is 12.5. The fourth-order valence-electron chi connectivity index (χ4n) is 4.68. The van der Waals surface area contributed by atoms with Crippen LogP contribution in [0.1, 0.15) is 59.2 Å². The van der Waals surface area contributed by atoms with Crippen LogP contribution in [0.4, 0.5) is 23.4 Å². The summed E-state index contributed by atoms with van der Waals surface area (Å²) in [6.45, 7) is 7.85. The third-order valence-electron chi connectivity index (χ3n) is 8.24. The molecule has 1 fully saturated rings. The van der Waals surface area contributed by atoms with Gasteiger partial charge in [-0.2, -0.15) is 9.97 Å². The van der Waals surface area contributed by atoms with Crippen LogP contribution < -0.4 is 26.6 Å². The molecule has 0 aliphatic carbocycles. The molecule has 4 heterocycles.